The molecule has 2 rings (SSSR count). The van der Waals surface area contributed by atoms with Crippen LogP contribution in [0.5, 0.6) is 0 Å². The largest absolute Gasteiger partial charge is 0.445 e. The lowest BCUT2D eigenvalue weighted by atomic mass is 10.2. The number of hydrogen-bond acceptors (Lipinski definition) is 5. The van der Waals surface area contributed by atoms with Crippen LogP contribution < -0.4 is 16.2 Å². The summed E-state index contributed by atoms with van der Waals surface area (Å²) in [6, 6.07) is 11.4. The predicted molar refractivity (Wildman–Crippen MR) is 89.1 cm³/mol. The number of benzene rings is 1. The second kappa shape index (κ2) is 9.02. The van der Waals surface area contributed by atoms with E-state index in [4.69, 9.17) is 4.74 Å². The Morgan fingerprint density at radius 1 is 1.08 bits per heavy atom. The highest BCUT2D eigenvalue weighted by Crippen LogP contribution is 2.00. The molecule has 1 aromatic heterocycles. The number of hydrogen-bond donors (Lipinski definition) is 3. The molecule has 8 heteroatoms. The first-order chi connectivity index (χ1) is 12.1. The minimum atomic E-state index is -0.891. The second-order valence-electron chi connectivity index (χ2n) is 5.11. The summed E-state index contributed by atoms with van der Waals surface area (Å²) in [7, 11) is 0. The maximum absolute atomic E-state index is 11.9. The van der Waals surface area contributed by atoms with E-state index < -0.39 is 23.9 Å². The van der Waals surface area contributed by atoms with Gasteiger partial charge in [-0.3, -0.25) is 25.4 Å². The van der Waals surface area contributed by atoms with Crippen LogP contribution in [-0.2, 0) is 16.1 Å². The van der Waals surface area contributed by atoms with Crippen LogP contribution in [0.1, 0.15) is 22.8 Å². The number of nitrogens with zero attached hydrogens (tertiary/aromatic N) is 1. The van der Waals surface area contributed by atoms with Gasteiger partial charge in [-0.25, -0.2) is 4.79 Å². The Morgan fingerprint density at radius 3 is 2.52 bits per heavy atom. The third-order valence-corrected chi connectivity index (χ3v) is 3.16. The number of pyridine rings is 1. The number of rotatable bonds is 5. The molecule has 0 bridgehead atoms. The summed E-state index contributed by atoms with van der Waals surface area (Å²) in [5.41, 5.74) is 5.59. The topological polar surface area (TPSA) is 109 Å². The number of carbonyl (C=O) groups is 3. The molecular weight excluding hydrogens is 324 g/mol. The molecule has 1 heterocycles. The number of aromatic nitrogens is 1. The van der Waals surface area contributed by atoms with Crippen molar-refractivity contribution < 1.29 is 19.1 Å². The fraction of sp³-hybridized carbons (Fsp3) is 0.176. The molecule has 1 aromatic carbocycles. The summed E-state index contributed by atoms with van der Waals surface area (Å²) < 4.78 is 5.02. The van der Waals surface area contributed by atoms with Crippen molar-refractivity contribution in [3.8, 4) is 0 Å². The van der Waals surface area contributed by atoms with E-state index in [1.165, 1.54) is 19.3 Å². The van der Waals surface area contributed by atoms with Crippen molar-refractivity contribution in [1.82, 2.24) is 21.2 Å². The van der Waals surface area contributed by atoms with Crippen LogP contribution in [0, 0.1) is 0 Å². The Labute approximate surface area is 144 Å². The maximum Gasteiger partial charge on any atom is 0.408 e. The lowest BCUT2D eigenvalue weighted by Gasteiger charge is -2.14. The van der Waals surface area contributed by atoms with Crippen molar-refractivity contribution in [3.63, 3.8) is 0 Å². The second-order valence-corrected chi connectivity index (χ2v) is 5.11. The van der Waals surface area contributed by atoms with Gasteiger partial charge in [0.1, 0.15) is 12.6 Å². The van der Waals surface area contributed by atoms with Gasteiger partial charge in [0.05, 0.1) is 5.56 Å². The fourth-order valence-electron chi connectivity index (χ4n) is 1.80. The van der Waals surface area contributed by atoms with Gasteiger partial charge in [-0.15, -0.1) is 0 Å². The summed E-state index contributed by atoms with van der Waals surface area (Å²) in [6.45, 7) is 1.56. The van der Waals surface area contributed by atoms with E-state index in [1.807, 2.05) is 30.3 Å². The van der Waals surface area contributed by atoms with Gasteiger partial charge >= 0.3 is 6.09 Å². The molecule has 130 valence electrons. The summed E-state index contributed by atoms with van der Waals surface area (Å²) >= 11 is 0. The molecule has 8 nitrogen and oxygen atoms in total. The molecule has 0 radical (unpaired) electrons. The molecule has 0 spiro atoms. The van der Waals surface area contributed by atoms with E-state index in [0.29, 0.717) is 5.56 Å². The van der Waals surface area contributed by atoms with Crippen molar-refractivity contribution >= 4 is 17.9 Å². The van der Waals surface area contributed by atoms with Gasteiger partial charge in [0.2, 0.25) is 0 Å². The lowest BCUT2D eigenvalue weighted by molar-refractivity contribution is -0.123. The average Bonchev–Trinajstić information content (AvgIpc) is 2.65. The van der Waals surface area contributed by atoms with Gasteiger partial charge in [-0.1, -0.05) is 30.3 Å². The molecule has 0 aliphatic carbocycles. The van der Waals surface area contributed by atoms with Gasteiger partial charge < -0.3 is 10.1 Å². The minimum absolute atomic E-state index is 0.0960. The first kappa shape index (κ1) is 17.9. The lowest BCUT2D eigenvalue weighted by Crippen LogP contribution is -2.51. The summed E-state index contributed by atoms with van der Waals surface area (Å²) in [5, 5.41) is 2.38. The summed E-state index contributed by atoms with van der Waals surface area (Å²) in [6.07, 6.45) is 2.16. The van der Waals surface area contributed by atoms with Crippen LogP contribution in [0.2, 0.25) is 0 Å². The van der Waals surface area contributed by atoms with E-state index >= 15 is 0 Å². The van der Waals surface area contributed by atoms with Crippen LogP contribution in [0.15, 0.2) is 54.9 Å². The molecule has 1 atom stereocenters. The van der Waals surface area contributed by atoms with Crippen LogP contribution in [0.25, 0.3) is 0 Å². The van der Waals surface area contributed by atoms with E-state index in [9.17, 15) is 14.4 Å². The maximum atomic E-state index is 11.9. The molecule has 0 fully saturated rings. The standard InChI is InChI=1S/C17H18N4O4/c1-12(19-17(24)25-11-13-6-3-2-4-7-13)15(22)20-21-16(23)14-8-5-9-18-10-14/h2-10,12H,11H2,1H3,(H,19,24)(H,20,22)(H,21,23)/t12-/m1/s1. The Hall–Kier alpha value is -3.42. The number of alkyl carbamates (subject to hydrolysis) is 1. The van der Waals surface area contributed by atoms with Crippen molar-refractivity contribution in [2.75, 3.05) is 0 Å². The Kier molecular flexibility index (Phi) is 6.47. The molecular formula is C17H18N4O4. The van der Waals surface area contributed by atoms with Crippen molar-refractivity contribution in [3.05, 3.63) is 66.0 Å². The van der Waals surface area contributed by atoms with Gasteiger partial charge in [-0.2, -0.15) is 0 Å². The van der Waals surface area contributed by atoms with Crippen LogP contribution in [0.4, 0.5) is 4.79 Å². The first-order valence-corrected chi connectivity index (χ1v) is 7.53. The number of hydrazine groups is 1. The molecule has 0 saturated carbocycles. The number of ether oxygens (including phenoxy) is 1. The van der Waals surface area contributed by atoms with E-state index in [2.05, 4.69) is 21.2 Å². The summed E-state index contributed by atoms with van der Waals surface area (Å²) in [5.74, 6) is -1.10. The Balaban J connectivity index is 1.72. The third kappa shape index (κ3) is 5.94. The van der Waals surface area contributed by atoms with Crippen molar-refractivity contribution in [2.45, 2.75) is 19.6 Å². The number of nitrogens with one attached hydrogen (secondary N) is 3. The van der Waals surface area contributed by atoms with Gasteiger partial charge in [0.15, 0.2) is 0 Å². The Bertz CT molecular complexity index is 722. The quantitative estimate of drug-likeness (QED) is 0.706. The zero-order valence-electron chi connectivity index (χ0n) is 13.6. The normalized spacial score (nSPS) is 11.1. The SMILES string of the molecule is C[C@@H](NC(=O)OCc1ccccc1)C(=O)NNC(=O)c1cccnc1. The molecule has 0 aliphatic heterocycles. The van der Waals surface area contributed by atoms with E-state index in [0.717, 1.165) is 5.56 Å². The minimum Gasteiger partial charge on any atom is -0.445 e. The molecule has 3 amide bonds. The van der Waals surface area contributed by atoms with Crippen molar-refractivity contribution in [2.24, 2.45) is 0 Å². The smallest absolute Gasteiger partial charge is 0.408 e. The molecule has 0 unspecified atom stereocenters. The number of amides is 3. The number of carbonyl (C=O) groups excluding carboxylic acids is 3. The first-order valence-electron chi connectivity index (χ1n) is 7.53. The Morgan fingerprint density at radius 2 is 1.84 bits per heavy atom. The summed E-state index contributed by atoms with van der Waals surface area (Å²) in [4.78, 5) is 39.1. The highest BCUT2D eigenvalue weighted by Gasteiger charge is 2.17. The highest BCUT2D eigenvalue weighted by atomic mass is 16.5. The van der Waals surface area contributed by atoms with E-state index in [-0.39, 0.29) is 6.61 Å². The zero-order chi connectivity index (χ0) is 18.1. The van der Waals surface area contributed by atoms with E-state index in [1.54, 1.807) is 12.1 Å². The van der Waals surface area contributed by atoms with Gasteiger partial charge in [0, 0.05) is 12.4 Å². The van der Waals surface area contributed by atoms with Crippen molar-refractivity contribution in [1.29, 1.82) is 0 Å². The monoisotopic (exact) mass is 342 g/mol. The fourth-order valence-corrected chi connectivity index (χ4v) is 1.80. The van der Waals surface area contributed by atoms with Crippen LogP contribution in [0.3, 0.4) is 0 Å². The molecule has 0 saturated heterocycles. The third-order valence-electron chi connectivity index (χ3n) is 3.16. The molecule has 2 aromatic rings. The predicted octanol–water partition coefficient (Wildman–Crippen LogP) is 1.16. The van der Waals surface area contributed by atoms with Gasteiger partial charge in [-0.05, 0) is 24.6 Å². The molecule has 0 aliphatic rings. The zero-order valence-corrected chi connectivity index (χ0v) is 13.6. The van der Waals surface area contributed by atoms with Crippen LogP contribution in [-0.4, -0.2) is 28.9 Å². The molecule has 25 heavy (non-hydrogen) atoms. The van der Waals surface area contributed by atoms with Gasteiger partial charge in [0.25, 0.3) is 11.8 Å². The molecule has 3 N–H and O–H groups in total. The highest BCUT2D eigenvalue weighted by molar-refractivity contribution is 5.95. The average molecular weight is 342 g/mol. The van der Waals surface area contributed by atoms with Crippen LogP contribution >= 0.6 is 0 Å².